The monoisotopic (exact) mass is 355 g/mol. The van der Waals surface area contributed by atoms with Gasteiger partial charge in [-0.2, -0.15) is 0 Å². The highest BCUT2D eigenvalue weighted by atomic mass is 35.5. The Kier molecular flexibility index (Phi) is 9.01. The number of carbonyl (C=O) groups is 2. The molecule has 0 aliphatic heterocycles. The quantitative estimate of drug-likeness (QED) is 0.733. The minimum Gasteiger partial charge on any atom is -0.351 e. The third kappa shape index (κ3) is 7.79. The Hall–Kier alpha value is -1.59. The number of amides is 2. The van der Waals surface area contributed by atoms with E-state index in [1.54, 1.807) is 0 Å². The molecule has 0 radical (unpaired) electrons. The Bertz CT molecular complexity index is 553. The van der Waals surface area contributed by atoms with Gasteiger partial charge in [0.05, 0.1) is 6.04 Å². The summed E-state index contributed by atoms with van der Waals surface area (Å²) >= 11 is 0. The predicted octanol–water partition coefficient (Wildman–Crippen LogP) is 3.08. The van der Waals surface area contributed by atoms with Crippen LogP contribution in [0, 0.1) is 11.3 Å². The molecule has 1 aromatic carbocycles. The molecular formula is C18H30ClN3O2. The van der Waals surface area contributed by atoms with Gasteiger partial charge in [0.25, 0.3) is 0 Å². The molecule has 0 unspecified atom stereocenters. The van der Waals surface area contributed by atoms with E-state index in [1.807, 2.05) is 58.9 Å². The van der Waals surface area contributed by atoms with E-state index in [4.69, 9.17) is 5.73 Å². The first-order chi connectivity index (χ1) is 10.6. The number of nitrogens with one attached hydrogen (secondary N) is 2. The highest BCUT2D eigenvalue weighted by Gasteiger charge is 2.27. The molecule has 6 heteroatoms. The minimum atomic E-state index is -0.559. The number of nitrogens with two attached hydrogens (primary N) is 1. The molecule has 24 heavy (non-hydrogen) atoms. The second-order valence-electron chi connectivity index (χ2n) is 7.41. The smallest absolute Gasteiger partial charge is 0.237 e. The lowest BCUT2D eigenvalue weighted by atomic mass is 9.87. The standard InChI is InChI=1S/C18H29N3O2.ClH/c1-12(2)9-15(22)21-14-8-6-7-13(10-14)11-20-17(23)16(19)18(3,4)5;/h6-8,10,12,16H,9,11,19H2,1-5H3,(H,20,23)(H,21,22);1H/t16-;/m1./s1. The number of hydrogen-bond donors (Lipinski definition) is 3. The molecule has 0 fully saturated rings. The van der Waals surface area contributed by atoms with Gasteiger partial charge in [-0.25, -0.2) is 0 Å². The van der Waals surface area contributed by atoms with Gasteiger partial charge < -0.3 is 16.4 Å². The maximum atomic E-state index is 12.0. The van der Waals surface area contributed by atoms with Crippen molar-refractivity contribution in [3.63, 3.8) is 0 Å². The fraction of sp³-hybridized carbons (Fsp3) is 0.556. The summed E-state index contributed by atoms with van der Waals surface area (Å²) in [6.07, 6.45) is 0.487. The minimum absolute atomic E-state index is 0. The summed E-state index contributed by atoms with van der Waals surface area (Å²) in [7, 11) is 0. The van der Waals surface area contributed by atoms with E-state index in [9.17, 15) is 9.59 Å². The van der Waals surface area contributed by atoms with Crippen molar-refractivity contribution in [1.82, 2.24) is 5.32 Å². The van der Waals surface area contributed by atoms with Gasteiger partial charge in [-0.15, -0.1) is 12.4 Å². The van der Waals surface area contributed by atoms with E-state index in [2.05, 4.69) is 10.6 Å². The van der Waals surface area contributed by atoms with Gasteiger partial charge in [-0.1, -0.05) is 46.8 Å². The number of halogens is 1. The van der Waals surface area contributed by atoms with Crippen LogP contribution in [-0.2, 0) is 16.1 Å². The molecule has 4 N–H and O–H groups in total. The molecule has 0 spiro atoms. The molecule has 0 aromatic heterocycles. The lowest BCUT2D eigenvalue weighted by molar-refractivity contribution is -0.124. The Balaban J connectivity index is 0.00000529. The maximum Gasteiger partial charge on any atom is 0.237 e. The summed E-state index contributed by atoms with van der Waals surface area (Å²) in [6.45, 7) is 10.2. The lowest BCUT2D eigenvalue weighted by Gasteiger charge is -2.25. The van der Waals surface area contributed by atoms with Crippen LogP contribution < -0.4 is 16.4 Å². The van der Waals surface area contributed by atoms with Crippen molar-refractivity contribution in [2.24, 2.45) is 17.1 Å². The third-order valence-corrected chi connectivity index (χ3v) is 3.49. The summed E-state index contributed by atoms with van der Waals surface area (Å²) in [6, 6.07) is 6.90. The van der Waals surface area contributed by atoms with Crippen molar-refractivity contribution < 1.29 is 9.59 Å². The zero-order chi connectivity index (χ0) is 17.6. The Morgan fingerprint density at radius 3 is 2.38 bits per heavy atom. The molecule has 136 valence electrons. The summed E-state index contributed by atoms with van der Waals surface area (Å²) < 4.78 is 0. The van der Waals surface area contributed by atoms with Crippen molar-refractivity contribution in [2.45, 2.75) is 53.6 Å². The topological polar surface area (TPSA) is 84.2 Å². The number of anilines is 1. The number of benzene rings is 1. The third-order valence-electron chi connectivity index (χ3n) is 3.49. The van der Waals surface area contributed by atoms with Crippen molar-refractivity contribution in [3.05, 3.63) is 29.8 Å². The molecule has 0 aliphatic rings. The van der Waals surface area contributed by atoms with Crippen LogP contribution in [0.1, 0.15) is 46.6 Å². The average Bonchev–Trinajstić information content (AvgIpc) is 2.42. The molecule has 0 aliphatic carbocycles. The summed E-state index contributed by atoms with van der Waals surface area (Å²) in [5.41, 5.74) is 7.31. The first-order valence-corrected chi connectivity index (χ1v) is 8.01. The van der Waals surface area contributed by atoms with Gasteiger partial charge in [-0.05, 0) is 29.0 Å². The van der Waals surface area contributed by atoms with E-state index in [-0.39, 0.29) is 29.6 Å². The first kappa shape index (κ1) is 22.4. The van der Waals surface area contributed by atoms with Crippen molar-refractivity contribution >= 4 is 29.9 Å². The van der Waals surface area contributed by atoms with Crippen LogP contribution in [0.25, 0.3) is 0 Å². The molecule has 0 saturated carbocycles. The van der Waals surface area contributed by atoms with Gasteiger partial charge in [0, 0.05) is 18.7 Å². The molecule has 2 amide bonds. The van der Waals surface area contributed by atoms with Crippen molar-refractivity contribution in [3.8, 4) is 0 Å². The molecule has 5 nitrogen and oxygen atoms in total. The zero-order valence-corrected chi connectivity index (χ0v) is 16.0. The van der Waals surface area contributed by atoms with E-state index in [1.165, 1.54) is 0 Å². The molecule has 0 saturated heterocycles. The van der Waals surface area contributed by atoms with Gasteiger partial charge in [0.2, 0.25) is 11.8 Å². The Morgan fingerprint density at radius 1 is 1.21 bits per heavy atom. The highest BCUT2D eigenvalue weighted by Crippen LogP contribution is 2.17. The van der Waals surface area contributed by atoms with Gasteiger partial charge in [0.1, 0.15) is 0 Å². The second-order valence-corrected chi connectivity index (χ2v) is 7.41. The molecular weight excluding hydrogens is 326 g/mol. The van der Waals surface area contributed by atoms with E-state index < -0.39 is 6.04 Å². The number of hydrogen-bond acceptors (Lipinski definition) is 3. The fourth-order valence-corrected chi connectivity index (χ4v) is 2.03. The average molecular weight is 356 g/mol. The van der Waals surface area contributed by atoms with E-state index in [0.717, 1.165) is 11.3 Å². The fourth-order valence-electron chi connectivity index (χ4n) is 2.03. The summed E-state index contributed by atoms with van der Waals surface area (Å²) in [5, 5.41) is 5.71. The van der Waals surface area contributed by atoms with Crippen LogP contribution in [0.2, 0.25) is 0 Å². The van der Waals surface area contributed by atoms with Gasteiger partial charge in [-0.3, -0.25) is 9.59 Å². The van der Waals surface area contributed by atoms with Crippen LogP contribution in [0.15, 0.2) is 24.3 Å². The van der Waals surface area contributed by atoms with Crippen molar-refractivity contribution in [1.29, 1.82) is 0 Å². The summed E-state index contributed by atoms with van der Waals surface area (Å²) in [5.74, 6) is 0.138. The Morgan fingerprint density at radius 2 is 1.83 bits per heavy atom. The van der Waals surface area contributed by atoms with Crippen LogP contribution in [-0.4, -0.2) is 17.9 Å². The normalized spacial score (nSPS) is 12.3. The zero-order valence-electron chi connectivity index (χ0n) is 15.2. The molecule has 0 heterocycles. The molecule has 0 bridgehead atoms. The van der Waals surface area contributed by atoms with Crippen LogP contribution >= 0.6 is 12.4 Å². The first-order valence-electron chi connectivity index (χ1n) is 8.01. The second kappa shape index (κ2) is 9.64. The molecule has 1 aromatic rings. The SMILES string of the molecule is CC(C)CC(=O)Nc1cccc(CNC(=O)[C@@H](N)C(C)(C)C)c1.Cl. The van der Waals surface area contributed by atoms with Gasteiger partial charge in [0.15, 0.2) is 0 Å². The van der Waals surface area contributed by atoms with Crippen LogP contribution in [0.5, 0.6) is 0 Å². The highest BCUT2D eigenvalue weighted by molar-refractivity contribution is 5.90. The van der Waals surface area contributed by atoms with Gasteiger partial charge >= 0.3 is 0 Å². The number of rotatable bonds is 6. The molecule has 1 atom stereocenters. The van der Waals surface area contributed by atoms with E-state index in [0.29, 0.717) is 18.9 Å². The van der Waals surface area contributed by atoms with Crippen LogP contribution in [0.4, 0.5) is 5.69 Å². The molecule has 1 rings (SSSR count). The van der Waals surface area contributed by atoms with Crippen molar-refractivity contribution in [2.75, 3.05) is 5.32 Å². The predicted molar refractivity (Wildman–Crippen MR) is 101 cm³/mol. The lowest BCUT2D eigenvalue weighted by Crippen LogP contribution is -2.48. The van der Waals surface area contributed by atoms with E-state index >= 15 is 0 Å². The maximum absolute atomic E-state index is 12.0. The largest absolute Gasteiger partial charge is 0.351 e. The van der Waals surface area contributed by atoms with Crippen LogP contribution in [0.3, 0.4) is 0 Å². The summed E-state index contributed by atoms with van der Waals surface area (Å²) in [4.78, 5) is 23.8. The number of carbonyl (C=O) groups excluding carboxylic acids is 2. The Labute approximate surface area is 151 Å².